The van der Waals surface area contributed by atoms with Gasteiger partial charge in [0.05, 0.1) is 17.8 Å². The summed E-state index contributed by atoms with van der Waals surface area (Å²) >= 11 is 0. The molecule has 172 valence electrons. The number of aromatic nitrogens is 1. The summed E-state index contributed by atoms with van der Waals surface area (Å²) in [5, 5.41) is 3.19. The van der Waals surface area contributed by atoms with E-state index in [2.05, 4.69) is 36.0 Å². The molecule has 4 rings (SSSR count). The predicted molar refractivity (Wildman–Crippen MR) is 128 cm³/mol. The first kappa shape index (κ1) is 22.7. The predicted octanol–water partition coefficient (Wildman–Crippen LogP) is 4.25. The van der Waals surface area contributed by atoms with Crippen LogP contribution < -0.4 is 15.0 Å². The molecule has 2 aliphatic heterocycles. The average molecular weight is 437 g/mol. The first-order chi connectivity index (χ1) is 15.4. The van der Waals surface area contributed by atoms with E-state index in [0.29, 0.717) is 5.41 Å². The minimum absolute atomic E-state index is 0.00834. The van der Waals surface area contributed by atoms with E-state index in [1.54, 1.807) is 17.3 Å². The molecule has 32 heavy (non-hydrogen) atoms. The highest BCUT2D eigenvalue weighted by molar-refractivity contribution is 6.02. The fourth-order valence-corrected chi connectivity index (χ4v) is 4.30. The Morgan fingerprint density at radius 2 is 1.88 bits per heavy atom. The van der Waals surface area contributed by atoms with Crippen molar-refractivity contribution < 1.29 is 9.53 Å². The lowest BCUT2D eigenvalue weighted by Crippen LogP contribution is -2.51. The summed E-state index contributed by atoms with van der Waals surface area (Å²) in [6.45, 7) is 11.7. The first-order valence-electron chi connectivity index (χ1n) is 11.9. The van der Waals surface area contributed by atoms with E-state index in [-0.39, 0.29) is 17.9 Å². The van der Waals surface area contributed by atoms with Crippen LogP contribution in [0.25, 0.3) is 0 Å². The third-order valence-electron chi connectivity index (χ3n) is 6.80. The van der Waals surface area contributed by atoms with Crippen molar-refractivity contribution in [1.29, 1.82) is 0 Å². The van der Waals surface area contributed by atoms with Crippen molar-refractivity contribution in [3.8, 4) is 5.75 Å². The van der Waals surface area contributed by atoms with E-state index >= 15 is 0 Å². The van der Waals surface area contributed by atoms with E-state index in [4.69, 9.17) is 4.74 Å². The van der Waals surface area contributed by atoms with Crippen LogP contribution in [-0.4, -0.2) is 54.6 Å². The molecular formula is C26H36N4O2. The number of carbonyl (C=O) groups excluding carboxylic acids is 1. The van der Waals surface area contributed by atoms with Gasteiger partial charge in [-0.1, -0.05) is 20.8 Å². The van der Waals surface area contributed by atoms with E-state index in [1.165, 1.54) is 6.42 Å². The van der Waals surface area contributed by atoms with Crippen LogP contribution in [-0.2, 0) is 4.79 Å². The lowest BCUT2D eigenvalue weighted by Gasteiger charge is -2.37. The van der Waals surface area contributed by atoms with Crippen molar-refractivity contribution in [2.75, 3.05) is 37.6 Å². The van der Waals surface area contributed by atoms with Crippen molar-refractivity contribution in [3.63, 3.8) is 0 Å². The lowest BCUT2D eigenvalue weighted by molar-refractivity contribution is -0.123. The third kappa shape index (κ3) is 5.48. The zero-order valence-electron chi connectivity index (χ0n) is 19.6. The Morgan fingerprint density at radius 1 is 1.16 bits per heavy atom. The Hall–Kier alpha value is -2.44. The number of rotatable bonds is 8. The fraction of sp³-hybridized carbons (Fsp3) is 0.538. The maximum Gasteiger partial charge on any atom is 0.237 e. The Labute approximate surface area is 192 Å². The van der Waals surface area contributed by atoms with Gasteiger partial charge in [-0.25, -0.2) is 0 Å². The molecular weight excluding hydrogens is 400 g/mol. The Balaban J connectivity index is 1.38. The summed E-state index contributed by atoms with van der Waals surface area (Å²) < 4.78 is 6.29. The van der Waals surface area contributed by atoms with Crippen LogP contribution in [0.5, 0.6) is 5.75 Å². The molecule has 0 bridgehead atoms. The summed E-state index contributed by atoms with van der Waals surface area (Å²) in [6, 6.07) is 11.7. The van der Waals surface area contributed by atoms with E-state index in [0.717, 1.165) is 62.7 Å². The second-order valence-corrected chi connectivity index (χ2v) is 9.85. The number of anilines is 2. The second-order valence-electron chi connectivity index (χ2n) is 9.85. The number of likely N-dealkylation sites (tertiary alicyclic amines) is 1. The number of nitrogens with zero attached hydrogens (tertiary/aromatic N) is 3. The Kier molecular flexibility index (Phi) is 7.11. The van der Waals surface area contributed by atoms with E-state index in [9.17, 15) is 4.79 Å². The van der Waals surface area contributed by atoms with Gasteiger partial charge in [0.25, 0.3) is 0 Å². The van der Waals surface area contributed by atoms with Crippen LogP contribution >= 0.6 is 0 Å². The van der Waals surface area contributed by atoms with Crippen LogP contribution in [0.3, 0.4) is 0 Å². The van der Waals surface area contributed by atoms with Gasteiger partial charge in [-0.2, -0.15) is 0 Å². The maximum absolute atomic E-state index is 13.1. The lowest BCUT2D eigenvalue weighted by atomic mass is 9.89. The topological polar surface area (TPSA) is 57.7 Å². The van der Waals surface area contributed by atoms with Gasteiger partial charge < -0.3 is 15.0 Å². The van der Waals surface area contributed by atoms with Gasteiger partial charge in [0.1, 0.15) is 11.9 Å². The molecule has 3 heterocycles. The molecule has 6 heteroatoms. The van der Waals surface area contributed by atoms with Crippen molar-refractivity contribution in [3.05, 3.63) is 48.8 Å². The molecule has 1 aromatic heterocycles. The molecule has 0 spiro atoms. The first-order valence-corrected chi connectivity index (χ1v) is 11.9. The third-order valence-corrected chi connectivity index (χ3v) is 6.80. The highest BCUT2D eigenvalue weighted by Crippen LogP contribution is 2.30. The standard InChI is InChI=1S/C26H36N4O2/c1-4-26(2,3)19-29-14-11-24(12-15-29)32-23-9-7-21(8-10-23)30(22-6-5-13-27-18-22)25(31)20-16-28-17-20/h5-10,13,18,20,24,28H,4,11-12,14-17,19H2,1-3H3. The van der Waals surface area contributed by atoms with Crippen molar-refractivity contribution in [2.45, 2.75) is 46.1 Å². The highest BCUT2D eigenvalue weighted by atomic mass is 16.5. The van der Waals surface area contributed by atoms with Crippen LogP contribution in [0.1, 0.15) is 40.0 Å². The van der Waals surface area contributed by atoms with Gasteiger partial charge in [0.2, 0.25) is 5.91 Å². The van der Waals surface area contributed by atoms with Crippen molar-refractivity contribution in [1.82, 2.24) is 15.2 Å². The largest absolute Gasteiger partial charge is 0.490 e. The number of nitrogens with one attached hydrogen (secondary N) is 1. The average Bonchev–Trinajstić information content (AvgIpc) is 2.76. The zero-order chi connectivity index (χ0) is 22.6. The van der Waals surface area contributed by atoms with Crippen LogP contribution in [0, 0.1) is 11.3 Å². The van der Waals surface area contributed by atoms with Gasteiger partial charge in [-0.3, -0.25) is 14.7 Å². The molecule has 0 unspecified atom stereocenters. The minimum Gasteiger partial charge on any atom is -0.490 e. The summed E-state index contributed by atoms with van der Waals surface area (Å²) in [5.74, 6) is 0.979. The molecule has 6 nitrogen and oxygen atoms in total. The van der Waals surface area contributed by atoms with Crippen molar-refractivity contribution in [2.24, 2.45) is 11.3 Å². The van der Waals surface area contributed by atoms with Gasteiger partial charge in [-0.15, -0.1) is 0 Å². The normalized spacial score (nSPS) is 18.2. The molecule has 2 fully saturated rings. The molecule has 2 saturated heterocycles. The SMILES string of the molecule is CCC(C)(C)CN1CCC(Oc2ccc(N(C(=O)C3CNC3)c3cccnc3)cc2)CC1. The molecule has 0 saturated carbocycles. The monoisotopic (exact) mass is 436 g/mol. The fourth-order valence-electron chi connectivity index (χ4n) is 4.30. The molecule has 1 N–H and O–H groups in total. The molecule has 0 aliphatic carbocycles. The van der Waals surface area contributed by atoms with Crippen molar-refractivity contribution >= 4 is 17.3 Å². The van der Waals surface area contributed by atoms with Gasteiger partial charge in [0, 0.05) is 44.6 Å². The number of benzene rings is 1. The van der Waals surface area contributed by atoms with Crippen LogP contribution in [0.15, 0.2) is 48.8 Å². The maximum atomic E-state index is 13.1. The summed E-state index contributed by atoms with van der Waals surface area (Å²) in [4.78, 5) is 21.7. The summed E-state index contributed by atoms with van der Waals surface area (Å²) in [6.07, 6.45) is 7.02. The highest BCUT2D eigenvalue weighted by Gasteiger charge is 2.31. The van der Waals surface area contributed by atoms with E-state index in [1.807, 2.05) is 36.4 Å². The molecule has 2 aromatic rings. The molecule has 2 aliphatic rings. The summed E-state index contributed by atoms with van der Waals surface area (Å²) in [7, 11) is 0. The minimum atomic E-state index is 0.00834. The van der Waals surface area contributed by atoms with Gasteiger partial charge >= 0.3 is 0 Å². The Bertz CT molecular complexity index is 872. The number of carbonyl (C=O) groups is 1. The van der Waals surface area contributed by atoms with Crippen LogP contribution in [0.4, 0.5) is 11.4 Å². The second kappa shape index (κ2) is 10.0. The number of piperidine rings is 1. The smallest absolute Gasteiger partial charge is 0.237 e. The quantitative estimate of drug-likeness (QED) is 0.671. The number of hydrogen-bond donors (Lipinski definition) is 1. The summed E-state index contributed by atoms with van der Waals surface area (Å²) in [5.41, 5.74) is 2.01. The molecule has 0 radical (unpaired) electrons. The Morgan fingerprint density at radius 3 is 2.44 bits per heavy atom. The molecule has 1 aromatic carbocycles. The number of hydrogen-bond acceptors (Lipinski definition) is 5. The zero-order valence-corrected chi connectivity index (χ0v) is 19.6. The van der Waals surface area contributed by atoms with Crippen LogP contribution in [0.2, 0.25) is 0 Å². The molecule has 0 atom stereocenters. The number of pyridine rings is 1. The molecule has 1 amide bonds. The van der Waals surface area contributed by atoms with E-state index < -0.39 is 0 Å². The number of ether oxygens (including phenoxy) is 1. The van der Waals surface area contributed by atoms with Gasteiger partial charge in [0.15, 0.2) is 0 Å². The van der Waals surface area contributed by atoms with Gasteiger partial charge in [-0.05, 0) is 61.1 Å². The number of amides is 1.